The molecule has 69 heavy (non-hydrogen) atoms. The van der Waals surface area contributed by atoms with Gasteiger partial charge in [0.2, 0.25) is 23.5 Å². The number of benzene rings is 2. The van der Waals surface area contributed by atoms with Crippen LogP contribution in [-0.2, 0) is 33.6 Å². The Bertz CT molecular complexity index is 2280. The van der Waals surface area contributed by atoms with E-state index in [1.54, 1.807) is 74.8 Å². The summed E-state index contributed by atoms with van der Waals surface area (Å²) in [7, 11) is 3.13. The number of nitrogens with zero attached hydrogens (tertiary/aromatic N) is 4. The Morgan fingerprint density at radius 3 is 2.09 bits per heavy atom. The summed E-state index contributed by atoms with van der Waals surface area (Å²) in [6, 6.07) is 14.1. The van der Waals surface area contributed by atoms with Gasteiger partial charge in [-0.15, -0.1) is 0 Å². The van der Waals surface area contributed by atoms with Crippen molar-refractivity contribution in [3.8, 4) is 0 Å². The number of nitrogens with one attached hydrogen (secondary N) is 4. The number of likely N-dealkylation sites (N-methyl/N-ethyl adjacent to an activating group) is 1. The smallest absolute Gasteiger partial charge is 0.321 e. The standard InChI is InChI=1S/C52H68N8O9/c1-7-17-35(47(65)41(61)24-25-44(64)57-46(50(68)59(5)6)34-20-13-9-14-21-34)28-42(62)37-31-60(51(69)55-36-22-15-10-16-23-36)32-40(37)56-48(66)38(52(2,3)4)29-43(63)45(33-18-11-8-12-19-33)58-49(67)39-30-53-26-27-54-39/h9-10,13-16,20-23,26-27,30,33,35,37-38,40,45-46H,7-8,11-12,17-19,24-25,28-29,31-32H2,1-6H3,(H,55,69)(H,56,66)(H,57,64)(H,58,67)/t35-,37-,38?,40+,45+,46+/m1/s1. The van der Waals surface area contributed by atoms with Gasteiger partial charge in [0.05, 0.1) is 24.2 Å². The highest BCUT2D eigenvalue weighted by Crippen LogP contribution is 2.34. The summed E-state index contributed by atoms with van der Waals surface area (Å²) in [5, 5.41) is 11.5. The summed E-state index contributed by atoms with van der Waals surface area (Å²) < 4.78 is 0. The van der Waals surface area contributed by atoms with Crippen molar-refractivity contribution in [1.29, 1.82) is 0 Å². The minimum Gasteiger partial charge on any atom is -0.351 e. The largest absolute Gasteiger partial charge is 0.351 e. The first-order valence-electron chi connectivity index (χ1n) is 24.0. The Kier molecular flexibility index (Phi) is 19.4. The fourth-order valence-electron chi connectivity index (χ4n) is 9.20. The van der Waals surface area contributed by atoms with Crippen LogP contribution < -0.4 is 21.3 Å². The molecule has 17 heteroatoms. The van der Waals surface area contributed by atoms with Crippen LogP contribution in [0.1, 0.15) is 120 Å². The van der Waals surface area contributed by atoms with Gasteiger partial charge in [0, 0.05) is 82.8 Å². The highest BCUT2D eigenvalue weighted by Gasteiger charge is 2.45. The lowest BCUT2D eigenvalue weighted by Crippen LogP contribution is -2.51. The summed E-state index contributed by atoms with van der Waals surface area (Å²) >= 11 is 0. The zero-order valence-corrected chi connectivity index (χ0v) is 40.7. The summed E-state index contributed by atoms with van der Waals surface area (Å²) in [5.41, 5.74) is 0.367. The number of likely N-dealkylation sites (tertiary alicyclic amines) is 1. The molecule has 1 aromatic heterocycles. The first-order chi connectivity index (χ1) is 32.9. The molecule has 2 heterocycles. The van der Waals surface area contributed by atoms with E-state index < -0.39 is 88.8 Å². The Morgan fingerprint density at radius 1 is 0.812 bits per heavy atom. The highest BCUT2D eigenvalue weighted by molar-refractivity contribution is 6.38. The monoisotopic (exact) mass is 949 g/mol. The number of carbonyl (C=O) groups is 9. The molecule has 0 radical (unpaired) electrons. The van der Waals surface area contributed by atoms with Crippen LogP contribution in [0.25, 0.3) is 0 Å². The maximum Gasteiger partial charge on any atom is 0.321 e. The van der Waals surface area contributed by atoms with Gasteiger partial charge >= 0.3 is 6.03 Å². The number of anilines is 1. The van der Waals surface area contributed by atoms with Crippen LogP contribution in [0.2, 0.25) is 0 Å². The molecule has 1 unspecified atom stereocenters. The van der Waals surface area contributed by atoms with Gasteiger partial charge < -0.3 is 31.1 Å². The van der Waals surface area contributed by atoms with Crippen LogP contribution in [0.3, 0.4) is 0 Å². The lowest BCUT2D eigenvalue weighted by Gasteiger charge is -2.34. The Hall–Kier alpha value is -6.65. The molecule has 2 fully saturated rings. The van der Waals surface area contributed by atoms with Gasteiger partial charge in [-0.25, -0.2) is 9.78 Å². The first kappa shape index (κ1) is 53.3. The van der Waals surface area contributed by atoms with Crippen molar-refractivity contribution in [2.45, 2.75) is 116 Å². The number of hydrogen-bond acceptors (Lipinski definition) is 11. The molecule has 370 valence electrons. The molecule has 1 aliphatic carbocycles. The third-order valence-electron chi connectivity index (χ3n) is 13.1. The van der Waals surface area contributed by atoms with Crippen LogP contribution in [0.5, 0.6) is 0 Å². The van der Waals surface area contributed by atoms with Gasteiger partial charge in [0.15, 0.2) is 11.6 Å². The Morgan fingerprint density at radius 2 is 1.48 bits per heavy atom. The molecule has 1 saturated carbocycles. The topological polar surface area (TPSA) is 234 Å². The Balaban J connectivity index is 1.32. The second-order valence-corrected chi connectivity index (χ2v) is 19.5. The van der Waals surface area contributed by atoms with Gasteiger partial charge in [-0.1, -0.05) is 102 Å². The van der Waals surface area contributed by atoms with Crippen LogP contribution >= 0.6 is 0 Å². The zero-order valence-electron chi connectivity index (χ0n) is 40.7. The minimum atomic E-state index is -1.03. The van der Waals surface area contributed by atoms with E-state index in [1.165, 1.54) is 28.4 Å². The average Bonchev–Trinajstić information content (AvgIpc) is 3.77. The van der Waals surface area contributed by atoms with E-state index in [4.69, 9.17) is 0 Å². The van der Waals surface area contributed by atoms with Crippen LogP contribution in [0, 0.1) is 29.1 Å². The Labute approximate surface area is 404 Å². The normalized spacial score (nSPS) is 17.9. The lowest BCUT2D eigenvalue weighted by atomic mass is 9.74. The van der Waals surface area contributed by atoms with Crippen molar-refractivity contribution in [1.82, 2.24) is 35.7 Å². The number of amides is 6. The van der Waals surface area contributed by atoms with Crippen molar-refractivity contribution in [2.24, 2.45) is 29.1 Å². The molecule has 17 nitrogen and oxygen atoms in total. The number of aromatic nitrogens is 2. The molecule has 1 saturated heterocycles. The molecule has 1 aliphatic heterocycles. The van der Waals surface area contributed by atoms with E-state index in [1.807, 2.05) is 27.7 Å². The molecular weight excluding hydrogens is 881 g/mol. The third kappa shape index (κ3) is 15.2. The number of hydrogen-bond donors (Lipinski definition) is 4. The van der Waals surface area contributed by atoms with Gasteiger partial charge in [-0.05, 0) is 48.3 Å². The van der Waals surface area contributed by atoms with Gasteiger partial charge in [-0.2, -0.15) is 0 Å². The number of urea groups is 1. The van der Waals surface area contributed by atoms with Crippen LogP contribution in [0.15, 0.2) is 79.3 Å². The fraction of sp³-hybridized carbons (Fsp3) is 0.519. The zero-order chi connectivity index (χ0) is 50.3. The molecule has 0 spiro atoms. The van der Waals surface area contributed by atoms with Crippen molar-refractivity contribution in [2.75, 3.05) is 32.5 Å². The molecule has 2 aromatic carbocycles. The molecule has 2 aliphatic rings. The van der Waals surface area contributed by atoms with Gasteiger partial charge in [-0.3, -0.25) is 43.3 Å². The maximum atomic E-state index is 14.6. The van der Waals surface area contributed by atoms with Gasteiger partial charge in [0.25, 0.3) is 5.91 Å². The van der Waals surface area contributed by atoms with E-state index in [0.29, 0.717) is 17.7 Å². The SMILES string of the molecule is CCC[C@H](CC(=O)[C@@H]1CN(C(=O)Nc2ccccc2)C[C@@H]1NC(=O)C(CC(=O)[C@@H](NC(=O)c1cnccn1)C1CCCCC1)C(C)(C)C)C(=O)C(=O)CCC(=O)N[C@H](C(=O)N(C)C)c1ccccc1. The quantitative estimate of drug-likeness (QED) is 0.0897. The van der Waals surface area contributed by atoms with E-state index in [-0.39, 0.29) is 62.1 Å². The molecule has 6 amide bonds. The molecule has 3 aromatic rings. The van der Waals surface area contributed by atoms with Crippen molar-refractivity contribution in [3.63, 3.8) is 0 Å². The number of para-hydroxylation sites is 1. The number of Topliss-reactive ketones (excluding diaryl/α,β-unsaturated/α-hetero) is 4. The number of ketones is 4. The van der Waals surface area contributed by atoms with E-state index in [2.05, 4.69) is 31.2 Å². The van der Waals surface area contributed by atoms with E-state index in [9.17, 15) is 43.2 Å². The minimum absolute atomic E-state index is 0.0643. The second-order valence-electron chi connectivity index (χ2n) is 19.5. The van der Waals surface area contributed by atoms with Gasteiger partial charge in [0.1, 0.15) is 17.5 Å². The third-order valence-corrected chi connectivity index (χ3v) is 13.1. The highest BCUT2D eigenvalue weighted by atomic mass is 16.2. The first-order valence-corrected chi connectivity index (χ1v) is 24.0. The average molecular weight is 949 g/mol. The van der Waals surface area contributed by atoms with Crippen LogP contribution in [-0.4, -0.2) is 112 Å². The summed E-state index contributed by atoms with van der Waals surface area (Å²) in [6.07, 6.45) is 7.73. The van der Waals surface area contributed by atoms with Crippen molar-refractivity contribution in [3.05, 3.63) is 90.5 Å². The maximum absolute atomic E-state index is 14.6. The molecule has 4 N–H and O–H groups in total. The predicted molar refractivity (Wildman–Crippen MR) is 258 cm³/mol. The summed E-state index contributed by atoms with van der Waals surface area (Å²) in [6.45, 7) is 7.15. The lowest BCUT2D eigenvalue weighted by molar-refractivity contribution is -0.141. The second kappa shape index (κ2) is 25.1. The number of rotatable bonds is 22. The number of carbonyl (C=O) groups excluding carboxylic acids is 9. The van der Waals surface area contributed by atoms with E-state index in [0.717, 1.165) is 32.1 Å². The molecule has 0 bridgehead atoms. The fourth-order valence-corrected chi connectivity index (χ4v) is 9.20. The molecule has 5 rings (SSSR count). The van der Waals surface area contributed by atoms with Crippen LogP contribution in [0.4, 0.5) is 10.5 Å². The summed E-state index contributed by atoms with van der Waals surface area (Å²) in [4.78, 5) is 135. The summed E-state index contributed by atoms with van der Waals surface area (Å²) in [5.74, 6) is -7.47. The van der Waals surface area contributed by atoms with E-state index >= 15 is 0 Å². The van der Waals surface area contributed by atoms with Crippen molar-refractivity contribution < 1.29 is 43.2 Å². The van der Waals surface area contributed by atoms with Crippen molar-refractivity contribution >= 4 is 58.5 Å². The molecular formula is C52H68N8O9. The molecule has 6 atom stereocenters. The predicted octanol–water partition coefficient (Wildman–Crippen LogP) is 5.67.